The summed E-state index contributed by atoms with van der Waals surface area (Å²) in [6.45, 7) is 1.15. The molecular weight excluding hydrogens is 256 g/mol. The number of hydrogen-bond acceptors (Lipinski definition) is 3. The van der Waals surface area contributed by atoms with Crippen LogP contribution in [0.2, 0.25) is 0 Å². The molecule has 1 aromatic heterocycles. The molecule has 4 heteroatoms. The van der Waals surface area contributed by atoms with Crippen molar-refractivity contribution in [3.8, 4) is 0 Å². The fraction of sp³-hybridized carbons (Fsp3) is 0.545. The molecule has 2 rings (SSSR count). The number of aliphatic hydroxyl groups is 1. The molecule has 3 nitrogen and oxygen atoms in total. The van der Waals surface area contributed by atoms with Crippen molar-refractivity contribution in [3.63, 3.8) is 0 Å². The van der Waals surface area contributed by atoms with Crippen LogP contribution in [-0.2, 0) is 0 Å². The van der Waals surface area contributed by atoms with Crippen LogP contribution in [0, 0.1) is 5.92 Å². The van der Waals surface area contributed by atoms with Gasteiger partial charge >= 0.3 is 0 Å². The summed E-state index contributed by atoms with van der Waals surface area (Å²) < 4.78 is 0. The molecule has 82 valence electrons. The average molecular weight is 271 g/mol. The lowest BCUT2D eigenvalue weighted by atomic mass is 9.99. The summed E-state index contributed by atoms with van der Waals surface area (Å²) in [4.78, 5) is 6.89. The van der Waals surface area contributed by atoms with Crippen LogP contribution in [0.25, 0.3) is 0 Å². The number of nitrogens with zero attached hydrogens (tertiary/aromatic N) is 2. The summed E-state index contributed by atoms with van der Waals surface area (Å²) in [6, 6.07) is 5.92. The third-order valence-corrected chi connectivity index (χ3v) is 3.76. The van der Waals surface area contributed by atoms with Crippen LogP contribution in [0.1, 0.15) is 12.8 Å². The van der Waals surface area contributed by atoms with E-state index in [9.17, 15) is 5.11 Å². The van der Waals surface area contributed by atoms with E-state index in [0.717, 1.165) is 25.2 Å². The van der Waals surface area contributed by atoms with Crippen molar-refractivity contribution in [3.05, 3.63) is 24.4 Å². The van der Waals surface area contributed by atoms with Crippen LogP contribution in [0.15, 0.2) is 24.4 Å². The van der Waals surface area contributed by atoms with Gasteiger partial charge in [-0.1, -0.05) is 22.0 Å². The smallest absolute Gasteiger partial charge is 0.129 e. The van der Waals surface area contributed by atoms with Gasteiger partial charge in [0, 0.05) is 19.3 Å². The lowest BCUT2D eigenvalue weighted by Gasteiger charge is -2.37. The number of aliphatic hydroxyl groups excluding tert-OH is 1. The molecular formula is C11H15BrN2O. The van der Waals surface area contributed by atoms with Crippen molar-refractivity contribution in [2.24, 2.45) is 5.92 Å². The maximum Gasteiger partial charge on any atom is 0.129 e. The quantitative estimate of drug-likeness (QED) is 0.660. The van der Waals surface area contributed by atoms with Crippen molar-refractivity contribution in [1.29, 1.82) is 0 Å². The Kier molecular flexibility index (Phi) is 3.59. The first-order valence-corrected chi connectivity index (χ1v) is 6.15. The average Bonchev–Trinajstić information content (AvgIpc) is 2.31. The second kappa shape index (κ2) is 4.94. The Morgan fingerprint density at radius 3 is 3.00 bits per heavy atom. The molecule has 1 fully saturated rings. The normalized spacial score (nSPS) is 26.7. The number of hydrogen-bond donors (Lipinski definition) is 1. The minimum absolute atomic E-state index is 0.267. The van der Waals surface area contributed by atoms with E-state index in [4.69, 9.17) is 0 Å². The molecule has 0 radical (unpaired) electrons. The summed E-state index contributed by atoms with van der Waals surface area (Å²) in [5.74, 6) is 1.36. The highest BCUT2D eigenvalue weighted by Crippen LogP contribution is 2.28. The standard InChI is InChI=1S/C11H15BrN2O/c12-10-5-4-9(8-15)7-14(10)11-3-1-2-6-13-11/h1-3,6,9-10,15H,4-5,7-8H2. The molecule has 2 heterocycles. The van der Waals surface area contributed by atoms with Crippen molar-refractivity contribution >= 4 is 21.7 Å². The molecule has 0 bridgehead atoms. The van der Waals surface area contributed by atoms with Gasteiger partial charge in [0.2, 0.25) is 0 Å². The molecule has 0 aromatic carbocycles. The summed E-state index contributed by atoms with van der Waals surface area (Å²) in [7, 11) is 0. The second-order valence-electron chi connectivity index (χ2n) is 3.90. The molecule has 1 N–H and O–H groups in total. The zero-order valence-corrected chi connectivity index (χ0v) is 10.1. The summed E-state index contributed by atoms with van der Waals surface area (Å²) in [6.07, 6.45) is 3.94. The van der Waals surface area contributed by atoms with Crippen LogP contribution in [-0.4, -0.2) is 28.2 Å². The van der Waals surface area contributed by atoms with E-state index in [2.05, 4.69) is 25.8 Å². The maximum absolute atomic E-state index is 9.18. The van der Waals surface area contributed by atoms with E-state index in [1.807, 2.05) is 18.2 Å². The molecule has 0 amide bonds. The first-order valence-electron chi connectivity index (χ1n) is 5.24. The van der Waals surface area contributed by atoms with E-state index in [1.165, 1.54) is 0 Å². The molecule has 0 spiro atoms. The van der Waals surface area contributed by atoms with E-state index < -0.39 is 0 Å². The van der Waals surface area contributed by atoms with Gasteiger partial charge in [-0.25, -0.2) is 4.98 Å². The number of rotatable bonds is 2. The van der Waals surface area contributed by atoms with Crippen LogP contribution >= 0.6 is 15.9 Å². The van der Waals surface area contributed by atoms with Crippen molar-refractivity contribution in [1.82, 2.24) is 4.98 Å². The van der Waals surface area contributed by atoms with Gasteiger partial charge in [0.1, 0.15) is 5.82 Å². The number of aromatic nitrogens is 1. The van der Waals surface area contributed by atoms with Gasteiger partial charge in [0.05, 0.1) is 4.95 Å². The Morgan fingerprint density at radius 1 is 1.47 bits per heavy atom. The monoisotopic (exact) mass is 270 g/mol. The number of halogens is 1. The molecule has 1 aliphatic rings. The summed E-state index contributed by atoms with van der Waals surface area (Å²) in [5.41, 5.74) is 0. The molecule has 1 aromatic rings. The fourth-order valence-corrected chi connectivity index (χ4v) is 2.56. The number of pyridine rings is 1. The highest BCUT2D eigenvalue weighted by Gasteiger charge is 2.26. The minimum atomic E-state index is 0.267. The lowest BCUT2D eigenvalue weighted by Crippen LogP contribution is -2.41. The summed E-state index contributed by atoms with van der Waals surface area (Å²) >= 11 is 3.65. The van der Waals surface area contributed by atoms with Gasteiger partial charge in [0.15, 0.2) is 0 Å². The molecule has 0 saturated carbocycles. The van der Waals surface area contributed by atoms with Gasteiger partial charge in [-0.05, 0) is 30.9 Å². The van der Waals surface area contributed by atoms with Gasteiger partial charge in [-0.15, -0.1) is 0 Å². The zero-order chi connectivity index (χ0) is 10.7. The molecule has 0 aliphatic carbocycles. The van der Waals surface area contributed by atoms with Crippen LogP contribution in [0.4, 0.5) is 5.82 Å². The van der Waals surface area contributed by atoms with Crippen molar-refractivity contribution in [2.75, 3.05) is 18.1 Å². The predicted molar refractivity (Wildman–Crippen MR) is 64.1 cm³/mol. The third-order valence-electron chi connectivity index (χ3n) is 2.81. The highest BCUT2D eigenvalue weighted by molar-refractivity contribution is 9.09. The largest absolute Gasteiger partial charge is 0.396 e. The molecule has 2 unspecified atom stereocenters. The Morgan fingerprint density at radius 2 is 2.33 bits per heavy atom. The molecule has 1 aliphatic heterocycles. The van der Waals surface area contributed by atoms with E-state index in [1.54, 1.807) is 6.20 Å². The SMILES string of the molecule is OCC1CCC(Br)N(c2ccccn2)C1. The van der Waals surface area contributed by atoms with Crippen molar-refractivity contribution < 1.29 is 5.11 Å². The number of alkyl halides is 1. The lowest BCUT2D eigenvalue weighted by molar-refractivity contribution is 0.206. The maximum atomic E-state index is 9.18. The Labute approximate surface area is 98.3 Å². The third kappa shape index (κ3) is 2.49. The Balaban J connectivity index is 2.13. The van der Waals surface area contributed by atoms with E-state index in [0.29, 0.717) is 10.9 Å². The van der Waals surface area contributed by atoms with E-state index >= 15 is 0 Å². The first kappa shape index (κ1) is 10.9. The van der Waals surface area contributed by atoms with Crippen LogP contribution in [0.5, 0.6) is 0 Å². The fourth-order valence-electron chi connectivity index (χ4n) is 1.92. The van der Waals surface area contributed by atoms with E-state index in [-0.39, 0.29) is 6.61 Å². The van der Waals surface area contributed by atoms with Crippen molar-refractivity contribution in [2.45, 2.75) is 17.8 Å². The minimum Gasteiger partial charge on any atom is -0.396 e. The van der Waals surface area contributed by atoms with Gasteiger partial charge in [-0.2, -0.15) is 0 Å². The molecule has 2 atom stereocenters. The highest BCUT2D eigenvalue weighted by atomic mass is 79.9. The predicted octanol–water partition coefficient (Wildman–Crippen LogP) is 2.01. The topological polar surface area (TPSA) is 36.4 Å². The molecule has 1 saturated heterocycles. The Bertz CT molecular complexity index is 307. The second-order valence-corrected chi connectivity index (χ2v) is 4.96. The first-order chi connectivity index (χ1) is 7.31. The van der Waals surface area contributed by atoms with Gasteiger partial charge in [-0.3, -0.25) is 0 Å². The molecule has 15 heavy (non-hydrogen) atoms. The van der Waals surface area contributed by atoms with Gasteiger partial charge in [0.25, 0.3) is 0 Å². The summed E-state index contributed by atoms with van der Waals surface area (Å²) in [5, 5.41) is 9.18. The van der Waals surface area contributed by atoms with Crippen LogP contribution < -0.4 is 4.90 Å². The number of piperidine rings is 1. The van der Waals surface area contributed by atoms with Crippen LogP contribution in [0.3, 0.4) is 0 Å². The Hall–Kier alpha value is -0.610. The number of anilines is 1. The zero-order valence-electron chi connectivity index (χ0n) is 8.51. The van der Waals surface area contributed by atoms with Gasteiger partial charge < -0.3 is 10.0 Å².